The number of hydrogen-bond donors (Lipinski definition) is 0. The highest BCUT2D eigenvalue weighted by Gasteiger charge is 2.01. The van der Waals surface area contributed by atoms with E-state index >= 15 is 0 Å². The van der Waals surface area contributed by atoms with Gasteiger partial charge in [0.1, 0.15) is 0 Å². The topological polar surface area (TPSA) is 0 Å². The first kappa shape index (κ1) is 14.2. The van der Waals surface area contributed by atoms with Crippen molar-refractivity contribution >= 4 is 5.57 Å². The Hall–Kier alpha value is -1.82. The molecule has 0 heteroatoms. The van der Waals surface area contributed by atoms with Crippen LogP contribution in [0.1, 0.15) is 30.5 Å². The Bertz CT molecular complexity index is 525. The molecule has 0 atom stereocenters. The Labute approximate surface area is 111 Å². The fourth-order valence-corrected chi connectivity index (χ4v) is 1.63. The average molecular weight is 238 g/mol. The molecule has 0 N–H and O–H groups in total. The van der Waals surface area contributed by atoms with Gasteiger partial charge in [-0.15, -0.1) is 0 Å². The number of benzene rings is 1. The van der Waals surface area contributed by atoms with Crippen LogP contribution in [0, 0.1) is 13.8 Å². The normalized spacial score (nSPS) is 12.4. The van der Waals surface area contributed by atoms with Gasteiger partial charge in [-0.2, -0.15) is 0 Å². The lowest BCUT2D eigenvalue weighted by molar-refractivity contribution is 1.32. The lowest BCUT2D eigenvalue weighted by Gasteiger charge is -2.08. The van der Waals surface area contributed by atoms with Crippen LogP contribution in [-0.4, -0.2) is 0 Å². The molecule has 18 heavy (non-hydrogen) atoms. The molecular weight excluding hydrogens is 216 g/mol. The maximum absolute atomic E-state index is 3.97. The van der Waals surface area contributed by atoms with Gasteiger partial charge in [0, 0.05) is 0 Å². The number of rotatable bonds is 4. The fourth-order valence-electron chi connectivity index (χ4n) is 1.63. The van der Waals surface area contributed by atoms with Crippen LogP contribution in [0.3, 0.4) is 0 Å². The highest BCUT2D eigenvalue weighted by atomic mass is 14.1. The molecule has 0 fully saturated rings. The predicted molar refractivity (Wildman–Crippen MR) is 82.7 cm³/mol. The van der Waals surface area contributed by atoms with Crippen LogP contribution in [0.25, 0.3) is 5.57 Å². The molecule has 0 bridgehead atoms. The summed E-state index contributed by atoms with van der Waals surface area (Å²) in [6.45, 7) is 16.1. The van der Waals surface area contributed by atoms with Gasteiger partial charge >= 0.3 is 0 Å². The minimum atomic E-state index is 1.09. The van der Waals surface area contributed by atoms with E-state index in [1.807, 2.05) is 19.1 Å². The summed E-state index contributed by atoms with van der Waals surface area (Å²) in [5.41, 5.74) is 7.31. The highest BCUT2D eigenvalue weighted by molar-refractivity contribution is 5.77. The molecule has 0 aliphatic rings. The van der Waals surface area contributed by atoms with Crippen molar-refractivity contribution in [3.05, 3.63) is 77.4 Å². The van der Waals surface area contributed by atoms with Crippen molar-refractivity contribution in [2.24, 2.45) is 0 Å². The predicted octanol–water partition coefficient (Wildman–Crippen LogP) is 5.40. The van der Waals surface area contributed by atoms with Gasteiger partial charge in [0.15, 0.2) is 0 Å². The van der Waals surface area contributed by atoms with Crippen LogP contribution in [0.5, 0.6) is 0 Å². The van der Waals surface area contributed by atoms with Crippen molar-refractivity contribution in [3.63, 3.8) is 0 Å². The largest absolute Gasteiger partial charge is 0.0990 e. The molecule has 1 aromatic carbocycles. The van der Waals surface area contributed by atoms with E-state index in [2.05, 4.69) is 58.2 Å². The van der Waals surface area contributed by atoms with Gasteiger partial charge in [0.05, 0.1) is 0 Å². The van der Waals surface area contributed by atoms with Crippen LogP contribution in [0.4, 0.5) is 0 Å². The van der Waals surface area contributed by atoms with Crippen LogP contribution in [0.2, 0.25) is 0 Å². The van der Waals surface area contributed by atoms with Crippen LogP contribution < -0.4 is 0 Å². The molecule has 0 aliphatic carbocycles. The number of aryl methyl sites for hydroxylation is 2. The minimum Gasteiger partial charge on any atom is -0.0990 e. The molecule has 1 rings (SSSR count). The summed E-state index contributed by atoms with van der Waals surface area (Å²) < 4.78 is 0. The maximum Gasteiger partial charge on any atom is -0.0181 e. The average Bonchev–Trinajstić information content (AvgIpc) is 2.32. The fraction of sp³-hybridized carbons (Fsp3) is 0.222. The van der Waals surface area contributed by atoms with Gasteiger partial charge in [-0.25, -0.2) is 0 Å². The second-order valence-electron chi connectivity index (χ2n) is 4.76. The van der Waals surface area contributed by atoms with Gasteiger partial charge in [0.2, 0.25) is 0 Å². The zero-order valence-electron chi connectivity index (χ0n) is 11.9. The van der Waals surface area contributed by atoms with Gasteiger partial charge in [0.25, 0.3) is 0 Å². The van der Waals surface area contributed by atoms with Gasteiger partial charge in [-0.3, -0.25) is 0 Å². The molecule has 0 saturated heterocycles. The Morgan fingerprint density at radius 3 is 2.28 bits per heavy atom. The van der Waals surface area contributed by atoms with Crippen molar-refractivity contribution in [1.82, 2.24) is 0 Å². The maximum atomic E-state index is 3.97. The zero-order chi connectivity index (χ0) is 13.7. The Kier molecular flexibility index (Phi) is 4.91. The van der Waals surface area contributed by atoms with Crippen molar-refractivity contribution in [2.75, 3.05) is 0 Å². The first-order valence-corrected chi connectivity index (χ1v) is 6.20. The van der Waals surface area contributed by atoms with E-state index in [-0.39, 0.29) is 0 Å². The van der Waals surface area contributed by atoms with Crippen LogP contribution in [0.15, 0.2) is 60.7 Å². The molecule has 0 amide bonds. The van der Waals surface area contributed by atoms with Crippen molar-refractivity contribution in [3.8, 4) is 0 Å². The smallest absolute Gasteiger partial charge is 0.0181 e. The monoisotopic (exact) mass is 238 g/mol. The molecule has 0 aromatic heterocycles. The lowest BCUT2D eigenvalue weighted by atomic mass is 9.97. The third-order valence-corrected chi connectivity index (χ3v) is 3.18. The van der Waals surface area contributed by atoms with E-state index in [0.717, 1.165) is 5.57 Å². The summed E-state index contributed by atoms with van der Waals surface area (Å²) in [4.78, 5) is 0. The van der Waals surface area contributed by atoms with Crippen LogP contribution in [-0.2, 0) is 0 Å². The standard InChI is InChI=1S/C18H22/c1-7-8-17(11-15(5)13(2)3)18-10-9-14(4)16(6)12-18/h7-12H,1-2H2,3-6H3/b15-11-,17-8+. The molecule has 0 unspecified atom stereocenters. The van der Waals surface area contributed by atoms with Crippen molar-refractivity contribution in [1.29, 1.82) is 0 Å². The molecule has 0 heterocycles. The van der Waals surface area contributed by atoms with E-state index in [4.69, 9.17) is 0 Å². The number of hydrogen-bond acceptors (Lipinski definition) is 0. The second kappa shape index (κ2) is 6.20. The summed E-state index contributed by atoms with van der Waals surface area (Å²) in [7, 11) is 0. The summed E-state index contributed by atoms with van der Waals surface area (Å²) in [5.74, 6) is 0. The Balaban J connectivity index is 3.25. The Morgan fingerprint density at radius 2 is 1.78 bits per heavy atom. The van der Waals surface area contributed by atoms with Crippen molar-refractivity contribution < 1.29 is 0 Å². The van der Waals surface area contributed by atoms with Gasteiger partial charge in [-0.05, 0) is 55.5 Å². The van der Waals surface area contributed by atoms with E-state index in [0.29, 0.717) is 0 Å². The van der Waals surface area contributed by atoms with Gasteiger partial charge < -0.3 is 0 Å². The quantitative estimate of drug-likeness (QED) is 0.616. The molecular formula is C18H22. The first-order chi connectivity index (χ1) is 8.45. The van der Waals surface area contributed by atoms with Gasteiger partial charge in [-0.1, -0.05) is 55.2 Å². The lowest BCUT2D eigenvalue weighted by Crippen LogP contribution is -1.88. The van der Waals surface area contributed by atoms with E-state index in [9.17, 15) is 0 Å². The summed E-state index contributed by atoms with van der Waals surface area (Å²) in [6, 6.07) is 6.53. The Morgan fingerprint density at radius 1 is 1.11 bits per heavy atom. The van der Waals surface area contributed by atoms with Crippen LogP contribution >= 0.6 is 0 Å². The summed E-state index contributed by atoms with van der Waals surface area (Å²) >= 11 is 0. The summed E-state index contributed by atoms with van der Waals surface area (Å²) in [6.07, 6.45) is 6.03. The molecule has 0 aliphatic heterocycles. The molecule has 94 valence electrons. The third-order valence-electron chi connectivity index (χ3n) is 3.18. The van der Waals surface area contributed by atoms with E-state index in [1.165, 1.54) is 27.8 Å². The van der Waals surface area contributed by atoms with E-state index < -0.39 is 0 Å². The van der Waals surface area contributed by atoms with Crippen molar-refractivity contribution in [2.45, 2.75) is 27.7 Å². The third kappa shape index (κ3) is 3.59. The minimum absolute atomic E-state index is 1.09. The molecule has 0 spiro atoms. The summed E-state index contributed by atoms with van der Waals surface area (Å²) in [5, 5.41) is 0. The zero-order valence-corrected chi connectivity index (χ0v) is 11.9. The SMILES string of the molecule is C=C/C=C(\C=C(\C)C(=C)C)c1ccc(C)c(C)c1. The number of allylic oxidation sites excluding steroid dienone is 6. The molecule has 0 nitrogen and oxygen atoms in total. The second-order valence-corrected chi connectivity index (χ2v) is 4.76. The first-order valence-electron chi connectivity index (χ1n) is 6.20. The molecule has 1 aromatic rings. The van der Waals surface area contributed by atoms with E-state index in [1.54, 1.807) is 0 Å². The highest BCUT2D eigenvalue weighted by Crippen LogP contribution is 2.22. The molecule has 0 saturated carbocycles. The molecule has 0 radical (unpaired) electrons.